The van der Waals surface area contributed by atoms with Gasteiger partial charge in [-0.2, -0.15) is 5.26 Å². The molecule has 0 aliphatic carbocycles. The minimum Gasteiger partial charge on any atom is -0.398 e. The number of nitrogens with two attached hydrogens (primary N) is 1. The smallest absolute Gasteiger partial charge is 0.127 e. The standard InChI is InChI=1S/C28H29FN5OP.C2H6/c1-17-21(10-11-25(33-17)36(4,5)35)26-22-15-23(32)18(16-31)14-24(22)34(20-8-6-19(29)7-9-20)27(26)28(2,3)12-13-30;1-2/h6-11,14-16,31H,12,32H2,1-5H3;1-2H3. The fourth-order valence-electron chi connectivity index (χ4n) is 4.66. The molecular weight excluding hydrogens is 496 g/mol. The monoisotopic (exact) mass is 531 g/mol. The predicted octanol–water partition coefficient (Wildman–Crippen LogP) is 7.19. The fourth-order valence-corrected chi connectivity index (χ4v) is 5.48. The Morgan fingerprint density at radius 2 is 1.79 bits per heavy atom. The van der Waals surface area contributed by atoms with E-state index in [-0.39, 0.29) is 12.2 Å². The average molecular weight is 532 g/mol. The molecule has 2 aromatic heterocycles. The Bertz CT molecular complexity index is 1590. The Morgan fingerprint density at radius 3 is 2.32 bits per heavy atom. The van der Waals surface area contributed by atoms with Gasteiger partial charge < -0.3 is 20.3 Å². The number of nitriles is 1. The molecule has 6 nitrogen and oxygen atoms in total. The number of nitrogens with zero attached hydrogens (tertiary/aromatic N) is 3. The molecule has 0 radical (unpaired) electrons. The minimum atomic E-state index is -2.57. The third-order valence-electron chi connectivity index (χ3n) is 6.47. The number of aryl methyl sites for hydroxylation is 1. The summed E-state index contributed by atoms with van der Waals surface area (Å²) in [7, 11) is -2.57. The van der Waals surface area contributed by atoms with Crippen LogP contribution in [0.3, 0.4) is 0 Å². The van der Waals surface area contributed by atoms with Crippen LogP contribution in [0.25, 0.3) is 27.7 Å². The van der Waals surface area contributed by atoms with Gasteiger partial charge in [0, 0.05) is 62.9 Å². The first kappa shape index (κ1) is 28.8. The van der Waals surface area contributed by atoms with Crippen LogP contribution in [0.5, 0.6) is 0 Å². The first-order chi connectivity index (χ1) is 17.9. The zero-order valence-electron chi connectivity index (χ0n) is 23.1. The molecule has 4 aromatic rings. The van der Waals surface area contributed by atoms with Gasteiger partial charge in [0.2, 0.25) is 0 Å². The molecule has 0 bridgehead atoms. The highest BCUT2D eigenvalue weighted by molar-refractivity contribution is 7.69. The quantitative estimate of drug-likeness (QED) is 0.156. The molecule has 198 valence electrons. The molecule has 4 rings (SSSR count). The number of pyridine rings is 1. The van der Waals surface area contributed by atoms with Gasteiger partial charge in [0.1, 0.15) is 13.0 Å². The first-order valence-corrected chi connectivity index (χ1v) is 15.1. The van der Waals surface area contributed by atoms with Gasteiger partial charge in [-0.25, -0.2) is 9.37 Å². The summed E-state index contributed by atoms with van der Waals surface area (Å²) in [6.07, 6.45) is 1.44. The Balaban J connectivity index is 0.00000195. The molecular formula is C30H35FN5OP. The van der Waals surface area contributed by atoms with Crippen LogP contribution >= 0.6 is 7.14 Å². The van der Waals surface area contributed by atoms with Crippen LogP contribution < -0.4 is 11.2 Å². The van der Waals surface area contributed by atoms with Crippen molar-refractivity contribution in [1.29, 1.82) is 10.7 Å². The lowest BCUT2D eigenvalue weighted by Crippen LogP contribution is -2.22. The molecule has 0 amide bonds. The second-order valence-corrected chi connectivity index (χ2v) is 13.2. The van der Waals surface area contributed by atoms with E-state index in [1.54, 1.807) is 31.5 Å². The molecule has 3 N–H and O–H groups in total. The van der Waals surface area contributed by atoms with Gasteiger partial charge in [-0.3, -0.25) is 0 Å². The summed E-state index contributed by atoms with van der Waals surface area (Å²) < 4.78 is 28.6. The predicted molar refractivity (Wildman–Crippen MR) is 157 cm³/mol. The van der Waals surface area contributed by atoms with Crippen LogP contribution in [-0.4, -0.2) is 29.1 Å². The summed E-state index contributed by atoms with van der Waals surface area (Å²) in [5.74, 6) is -0.350. The molecule has 0 spiro atoms. The van der Waals surface area contributed by atoms with Gasteiger partial charge >= 0.3 is 0 Å². The van der Waals surface area contributed by atoms with E-state index in [0.717, 1.165) is 33.4 Å². The number of hydrogen-bond donors (Lipinski definition) is 2. The van der Waals surface area contributed by atoms with E-state index in [0.29, 0.717) is 22.4 Å². The minimum absolute atomic E-state index is 0.230. The molecule has 2 heterocycles. The van der Waals surface area contributed by atoms with Crippen molar-refractivity contribution in [2.45, 2.75) is 46.5 Å². The van der Waals surface area contributed by atoms with Gasteiger partial charge in [0.05, 0.1) is 17.0 Å². The highest BCUT2D eigenvalue weighted by Crippen LogP contribution is 2.46. The van der Waals surface area contributed by atoms with Crippen LogP contribution in [0.15, 0.2) is 48.5 Å². The molecule has 0 aliphatic rings. The number of nitrogens with one attached hydrogen (secondary N) is 1. The largest absolute Gasteiger partial charge is 0.398 e. The van der Waals surface area contributed by atoms with E-state index < -0.39 is 12.6 Å². The zero-order valence-corrected chi connectivity index (χ0v) is 24.0. The summed E-state index contributed by atoms with van der Waals surface area (Å²) in [6.45, 7) is 13.3. The number of fused-ring (bicyclic) bond motifs is 1. The third-order valence-corrected chi connectivity index (χ3v) is 7.82. The maximum atomic E-state index is 13.9. The number of anilines is 1. The molecule has 38 heavy (non-hydrogen) atoms. The second-order valence-electron chi connectivity index (χ2n) is 10.1. The summed E-state index contributed by atoms with van der Waals surface area (Å²) in [6, 6.07) is 15.9. The maximum Gasteiger partial charge on any atom is 0.127 e. The SMILES string of the molecule is CC.Cc1nc(P(C)(C)=O)ccc1-c1c(C(C)(C)CC#N)n(-c2ccc(F)cc2)c2cc(C=N)c(N)cc12. The van der Waals surface area contributed by atoms with Crippen LogP contribution in [0.4, 0.5) is 10.1 Å². The van der Waals surface area contributed by atoms with E-state index in [1.807, 2.05) is 57.4 Å². The lowest BCUT2D eigenvalue weighted by molar-refractivity contribution is 0.516. The Kier molecular flexibility index (Phi) is 8.29. The van der Waals surface area contributed by atoms with Gasteiger partial charge in [-0.15, -0.1) is 0 Å². The molecule has 2 aromatic carbocycles. The number of rotatable bonds is 6. The number of aromatic nitrogens is 2. The van der Waals surface area contributed by atoms with E-state index in [9.17, 15) is 14.2 Å². The highest BCUT2D eigenvalue weighted by Gasteiger charge is 2.33. The topological polar surface area (TPSA) is 109 Å². The third kappa shape index (κ3) is 5.28. The van der Waals surface area contributed by atoms with E-state index in [2.05, 4.69) is 6.07 Å². The molecule has 0 atom stereocenters. The van der Waals surface area contributed by atoms with Crippen LogP contribution in [-0.2, 0) is 9.98 Å². The summed E-state index contributed by atoms with van der Waals surface area (Å²) in [5.41, 5.74) is 12.0. The van der Waals surface area contributed by atoms with Gasteiger partial charge in [-0.1, -0.05) is 33.8 Å². The van der Waals surface area contributed by atoms with Crippen molar-refractivity contribution in [3.8, 4) is 22.9 Å². The number of nitrogen functional groups attached to an aromatic ring is 1. The number of benzene rings is 2. The lowest BCUT2D eigenvalue weighted by atomic mass is 9.81. The van der Waals surface area contributed by atoms with Crippen molar-refractivity contribution < 1.29 is 8.96 Å². The maximum absolute atomic E-state index is 13.9. The Hall–Kier alpha value is -3.75. The van der Waals surface area contributed by atoms with Gasteiger partial charge in [-0.05, 0) is 62.7 Å². The fraction of sp³-hybridized carbons (Fsp3) is 0.300. The van der Waals surface area contributed by atoms with Crippen molar-refractivity contribution in [3.05, 3.63) is 71.3 Å². The lowest BCUT2D eigenvalue weighted by Gasteiger charge is -2.27. The summed E-state index contributed by atoms with van der Waals surface area (Å²) in [4.78, 5) is 4.69. The Morgan fingerprint density at radius 1 is 1.16 bits per heavy atom. The van der Waals surface area contributed by atoms with Crippen LogP contribution in [0, 0.1) is 29.5 Å². The zero-order chi connectivity index (χ0) is 28.4. The van der Waals surface area contributed by atoms with Crippen molar-refractivity contribution in [1.82, 2.24) is 9.55 Å². The first-order valence-electron chi connectivity index (χ1n) is 12.5. The molecule has 8 heteroatoms. The summed E-state index contributed by atoms with van der Waals surface area (Å²) >= 11 is 0. The van der Waals surface area contributed by atoms with Gasteiger partial charge in [0.15, 0.2) is 0 Å². The number of hydrogen-bond acceptors (Lipinski definition) is 5. The normalized spacial score (nSPS) is 11.6. The van der Waals surface area contributed by atoms with E-state index in [4.69, 9.17) is 16.1 Å². The highest BCUT2D eigenvalue weighted by atomic mass is 31.2. The average Bonchev–Trinajstić information content (AvgIpc) is 3.19. The molecule has 0 unspecified atom stereocenters. The van der Waals surface area contributed by atoms with Crippen molar-refractivity contribution in [2.24, 2.45) is 0 Å². The molecule has 0 fully saturated rings. The molecule has 0 saturated carbocycles. The van der Waals surface area contributed by atoms with Gasteiger partial charge in [0.25, 0.3) is 0 Å². The van der Waals surface area contributed by atoms with Crippen molar-refractivity contribution in [3.63, 3.8) is 0 Å². The second kappa shape index (κ2) is 10.9. The van der Waals surface area contributed by atoms with Crippen molar-refractivity contribution in [2.75, 3.05) is 19.1 Å². The molecule has 0 saturated heterocycles. The molecule has 0 aliphatic heterocycles. The van der Waals surface area contributed by atoms with Crippen molar-refractivity contribution >= 4 is 35.4 Å². The van der Waals surface area contributed by atoms with E-state index in [1.165, 1.54) is 18.3 Å². The van der Waals surface area contributed by atoms with Crippen LogP contribution in [0.2, 0.25) is 0 Å². The summed E-state index contributed by atoms with van der Waals surface area (Å²) in [5, 5.41) is 18.4. The number of halogens is 1. The van der Waals surface area contributed by atoms with E-state index >= 15 is 0 Å². The van der Waals surface area contributed by atoms with Crippen LogP contribution in [0.1, 0.15) is 51.1 Å². The Labute approximate surface area is 224 Å².